The fourth-order valence-corrected chi connectivity index (χ4v) is 3.94. The van der Waals surface area contributed by atoms with Crippen molar-refractivity contribution >= 4 is 22.8 Å². The van der Waals surface area contributed by atoms with Crippen molar-refractivity contribution in [1.29, 1.82) is 0 Å². The summed E-state index contributed by atoms with van der Waals surface area (Å²) in [5.74, 6) is -3.09. The number of carbonyl (C=O) groups is 2. The van der Waals surface area contributed by atoms with E-state index in [1.807, 2.05) is 12.1 Å². The lowest BCUT2D eigenvalue weighted by atomic mass is 10.00. The number of benzene rings is 3. The maximum Gasteiger partial charge on any atom is 0.335 e. The SMILES string of the molecule is CC[C@H](c1ccc(F)cc1F)N(Cc1cccc(C(=O)O)c1)C(=O)c1cc2ccccc2nn1. The molecule has 4 aromatic rings. The number of rotatable bonds is 7. The highest BCUT2D eigenvalue weighted by molar-refractivity contribution is 5.95. The van der Waals surface area contributed by atoms with Crippen LogP contribution in [0.3, 0.4) is 0 Å². The van der Waals surface area contributed by atoms with Crippen LogP contribution < -0.4 is 0 Å². The molecule has 0 radical (unpaired) electrons. The van der Waals surface area contributed by atoms with Gasteiger partial charge in [0.25, 0.3) is 5.91 Å². The molecule has 8 heteroatoms. The van der Waals surface area contributed by atoms with Crippen LogP contribution in [-0.4, -0.2) is 32.1 Å². The minimum Gasteiger partial charge on any atom is -0.478 e. The number of carboxylic acids is 1. The molecule has 0 bridgehead atoms. The fraction of sp³-hybridized carbons (Fsp3) is 0.154. The van der Waals surface area contributed by atoms with Crippen molar-refractivity contribution in [3.05, 3.63) is 107 Å². The monoisotopic (exact) mass is 461 g/mol. The van der Waals surface area contributed by atoms with E-state index >= 15 is 0 Å². The largest absolute Gasteiger partial charge is 0.478 e. The molecule has 0 saturated carbocycles. The van der Waals surface area contributed by atoms with E-state index in [1.165, 1.54) is 23.1 Å². The zero-order chi connectivity index (χ0) is 24.2. The number of hydrogen-bond donors (Lipinski definition) is 1. The highest BCUT2D eigenvalue weighted by Crippen LogP contribution is 2.30. The Labute approximate surface area is 194 Å². The molecule has 1 N–H and O–H groups in total. The maximum atomic E-state index is 14.7. The average molecular weight is 461 g/mol. The number of aromatic nitrogens is 2. The van der Waals surface area contributed by atoms with Gasteiger partial charge in [0.05, 0.1) is 17.1 Å². The van der Waals surface area contributed by atoms with E-state index in [1.54, 1.807) is 37.3 Å². The molecule has 1 aromatic heterocycles. The highest BCUT2D eigenvalue weighted by atomic mass is 19.1. The van der Waals surface area contributed by atoms with Crippen molar-refractivity contribution in [1.82, 2.24) is 15.1 Å². The molecule has 0 fully saturated rings. The van der Waals surface area contributed by atoms with Gasteiger partial charge in [0.1, 0.15) is 11.6 Å². The standard InChI is InChI=1S/C26H21F2N3O3/c1-2-24(20-11-10-19(27)14-21(20)28)31(15-16-6-5-8-18(12-16)26(33)34)25(32)23-13-17-7-3-4-9-22(17)29-30-23/h3-14,24H,2,15H2,1H3,(H,33,34)/t24-/m1/s1. The summed E-state index contributed by atoms with van der Waals surface area (Å²) in [7, 11) is 0. The van der Waals surface area contributed by atoms with Gasteiger partial charge >= 0.3 is 5.97 Å². The van der Waals surface area contributed by atoms with Gasteiger partial charge in [-0.3, -0.25) is 4.79 Å². The summed E-state index contributed by atoms with van der Waals surface area (Å²) in [6, 6.07) is 17.5. The predicted octanol–water partition coefficient (Wildman–Crippen LogP) is 5.40. The van der Waals surface area contributed by atoms with Crippen molar-refractivity contribution in [3.8, 4) is 0 Å². The number of amides is 1. The molecule has 1 atom stereocenters. The third-order valence-corrected chi connectivity index (χ3v) is 5.59. The lowest BCUT2D eigenvalue weighted by molar-refractivity contribution is 0.0642. The van der Waals surface area contributed by atoms with Crippen molar-refractivity contribution in [2.75, 3.05) is 0 Å². The molecule has 34 heavy (non-hydrogen) atoms. The second-order valence-electron chi connectivity index (χ2n) is 7.82. The fourth-order valence-electron chi connectivity index (χ4n) is 3.94. The van der Waals surface area contributed by atoms with Crippen molar-refractivity contribution in [3.63, 3.8) is 0 Å². The molecule has 0 aliphatic heterocycles. The highest BCUT2D eigenvalue weighted by Gasteiger charge is 2.29. The molecule has 6 nitrogen and oxygen atoms in total. The van der Waals surface area contributed by atoms with Gasteiger partial charge in [-0.1, -0.05) is 43.3 Å². The maximum absolute atomic E-state index is 14.7. The van der Waals surface area contributed by atoms with Crippen LogP contribution in [0.2, 0.25) is 0 Å². The van der Waals surface area contributed by atoms with E-state index in [0.29, 0.717) is 17.5 Å². The first-order valence-electron chi connectivity index (χ1n) is 10.7. The van der Waals surface area contributed by atoms with Gasteiger partial charge in [-0.15, -0.1) is 10.2 Å². The smallest absolute Gasteiger partial charge is 0.335 e. The Bertz CT molecular complexity index is 1380. The molecule has 0 aliphatic rings. The molecule has 3 aromatic carbocycles. The number of aromatic carboxylic acids is 1. The molecule has 172 valence electrons. The summed E-state index contributed by atoms with van der Waals surface area (Å²) >= 11 is 0. The summed E-state index contributed by atoms with van der Waals surface area (Å²) < 4.78 is 28.3. The van der Waals surface area contributed by atoms with Crippen LogP contribution >= 0.6 is 0 Å². The van der Waals surface area contributed by atoms with E-state index < -0.39 is 29.6 Å². The first-order chi connectivity index (χ1) is 16.4. The first-order valence-corrected chi connectivity index (χ1v) is 10.7. The van der Waals surface area contributed by atoms with Crippen LogP contribution in [0.5, 0.6) is 0 Å². The topological polar surface area (TPSA) is 83.4 Å². The van der Waals surface area contributed by atoms with Crippen LogP contribution in [-0.2, 0) is 6.54 Å². The Hall–Kier alpha value is -4.20. The Morgan fingerprint density at radius 2 is 1.76 bits per heavy atom. The molecule has 0 saturated heterocycles. The minimum absolute atomic E-state index is 0.0101. The van der Waals surface area contributed by atoms with Gasteiger partial charge in [-0.25, -0.2) is 13.6 Å². The van der Waals surface area contributed by atoms with Crippen LogP contribution in [0.4, 0.5) is 8.78 Å². The quantitative estimate of drug-likeness (QED) is 0.398. The Kier molecular flexibility index (Phi) is 6.58. The van der Waals surface area contributed by atoms with E-state index in [-0.39, 0.29) is 23.4 Å². The molecule has 1 heterocycles. The lowest BCUT2D eigenvalue weighted by Gasteiger charge is -2.32. The van der Waals surface area contributed by atoms with Crippen LogP contribution in [0, 0.1) is 11.6 Å². The number of hydrogen-bond acceptors (Lipinski definition) is 4. The molecule has 1 amide bonds. The van der Waals surface area contributed by atoms with Gasteiger partial charge in [0.15, 0.2) is 5.69 Å². The Morgan fingerprint density at radius 1 is 0.971 bits per heavy atom. The Morgan fingerprint density at radius 3 is 2.50 bits per heavy atom. The number of carbonyl (C=O) groups excluding carboxylic acids is 1. The normalized spacial score (nSPS) is 11.9. The minimum atomic E-state index is -1.10. The van der Waals surface area contributed by atoms with Crippen LogP contribution in [0.1, 0.15) is 51.4 Å². The summed E-state index contributed by atoms with van der Waals surface area (Å²) in [5.41, 5.74) is 1.45. The second kappa shape index (κ2) is 9.74. The van der Waals surface area contributed by atoms with Crippen molar-refractivity contribution in [2.24, 2.45) is 0 Å². The molecule has 0 aliphatic carbocycles. The predicted molar refractivity (Wildman–Crippen MR) is 122 cm³/mol. The van der Waals surface area contributed by atoms with E-state index in [4.69, 9.17) is 0 Å². The molecular formula is C26H21F2N3O3. The van der Waals surface area contributed by atoms with Crippen molar-refractivity contribution in [2.45, 2.75) is 25.9 Å². The first kappa shape index (κ1) is 23.0. The summed E-state index contributed by atoms with van der Waals surface area (Å²) in [4.78, 5) is 26.5. The zero-order valence-corrected chi connectivity index (χ0v) is 18.3. The van der Waals surface area contributed by atoms with E-state index in [9.17, 15) is 23.5 Å². The van der Waals surface area contributed by atoms with E-state index in [2.05, 4.69) is 10.2 Å². The third kappa shape index (κ3) is 4.76. The number of nitrogens with zero attached hydrogens (tertiary/aromatic N) is 3. The van der Waals surface area contributed by atoms with Gasteiger partial charge in [0, 0.05) is 23.6 Å². The molecule has 0 spiro atoms. The Balaban J connectivity index is 1.79. The number of fused-ring (bicyclic) bond motifs is 1. The third-order valence-electron chi connectivity index (χ3n) is 5.59. The second-order valence-corrected chi connectivity index (χ2v) is 7.82. The molecule has 0 unspecified atom stereocenters. The molecular weight excluding hydrogens is 440 g/mol. The van der Waals surface area contributed by atoms with Gasteiger partial charge in [-0.2, -0.15) is 0 Å². The van der Waals surface area contributed by atoms with Crippen LogP contribution in [0.15, 0.2) is 72.8 Å². The summed E-state index contributed by atoms with van der Waals surface area (Å²) in [5, 5.41) is 18.3. The number of halogens is 2. The molecule has 4 rings (SSSR count). The van der Waals surface area contributed by atoms with Gasteiger partial charge in [-0.05, 0) is 42.3 Å². The summed E-state index contributed by atoms with van der Waals surface area (Å²) in [6.07, 6.45) is 0.327. The zero-order valence-electron chi connectivity index (χ0n) is 18.3. The number of carboxylic acid groups (broad SMARTS) is 1. The van der Waals surface area contributed by atoms with Crippen molar-refractivity contribution < 1.29 is 23.5 Å². The van der Waals surface area contributed by atoms with Crippen LogP contribution in [0.25, 0.3) is 10.9 Å². The average Bonchev–Trinajstić information content (AvgIpc) is 2.84. The summed E-state index contributed by atoms with van der Waals surface area (Å²) in [6.45, 7) is 1.78. The van der Waals surface area contributed by atoms with Gasteiger partial charge in [0.2, 0.25) is 0 Å². The lowest BCUT2D eigenvalue weighted by Crippen LogP contribution is -2.35. The van der Waals surface area contributed by atoms with Gasteiger partial charge < -0.3 is 10.0 Å². The van der Waals surface area contributed by atoms with E-state index in [0.717, 1.165) is 17.5 Å².